The predicted molar refractivity (Wildman–Crippen MR) is 62.0 cm³/mol. The van der Waals surface area contributed by atoms with E-state index < -0.39 is 11.4 Å². The third-order valence-electron chi connectivity index (χ3n) is 1.49. The Labute approximate surface area is 101 Å². The van der Waals surface area contributed by atoms with Crippen molar-refractivity contribution in [1.82, 2.24) is 0 Å². The molecule has 0 fully saturated rings. The molecule has 0 spiro atoms. The van der Waals surface area contributed by atoms with Crippen molar-refractivity contribution in [3.8, 4) is 5.75 Å². The van der Waals surface area contributed by atoms with Crippen molar-refractivity contribution in [3.63, 3.8) is 0 Å². The highest BCUT2D eigenvalue weighted by molar-refractivity contribution is 7.99. The first kappa shape index (κ1) is 12.5. The second kappa shape index (κ2) is 5.49. The van der Waals surface area contributed by atoms with E-state index >= 15 is 0 Å². The van der Waals surface area contributed by atoms with Gasteiger partial charge in [-0.2, -0.15) is 0 Å². The number of benzene rings is 1. The maximum atomic E-state index is 10.7. The standard InChI is InChI=1S/C9H8Cl2O3S/c1-15-9(8(12)13)14-7-3-5(10)2-6(11)4-7/h2-4,9H,1H3,(H,12,13). The molecule has 0 aromatic heterocycles. The van der Waals surface area contributed by atoms with Gasteiger partial charge in [-0.15, -0.1) is 11.8 Å². The third-order valence-corrected chi connectivity index (χ3v) is 2.66. The number of hydrogen-bond donors (Lipinski definition) is 1. The van der Waals surface area contributed by atoms with Crippen molar-refractivity contribution in [2.24, 2.45) is 0 Å². The van der Waals surface area contributed by atoms with Gasteiger partial charge in [0, 0.05) is 10.0 Å². The summed E-state index contributed by atoms with van der Waals surface area (Å²) >= 11 is 12.6. The van der Waals surface area contributed by atoms with Gasteiger partial charge in [0.25, 0.3) is 0 Å². The van der Waals surface area contributed by atoms with Crippen LogP contribution in [0.3, 0.4) is 0 Å². The van der Waals surface area contributed by atoms with Crippen LogP contribution < -0.4 is 4.74 Å². The lowest BCUT2D eigenvalue weighted by Gasteiger charge is -2.12. The molecular formula is C9H8Cl2O3S. The molecule has 0 bridgehead atoms. The summed E-state index contributed by atoms with van der Waals surface area (Å²) in [7, 11) is 0. The highest BCUT2D eigenvalue weighted by atomic mass is 35.5. The summed E-state index contributed by atoms with van der Waals surface area (Å²) in [6.07, 6.45) is 1.64. The Kier molecular flexibility index (Phi) is 4.57. The van der Waals surface area contributed by atoms with Gasteiger partial charge in [-0.3, -0.25) is 0 Å². The van der Waals surface area contributed by atoms with Crippen molar-refractivity contribution in [2.45, 2.75) is 5.44 Å². The van der Waals surface area contributed by atoms with E-state index in [1.807, 2.05) is 0 Å². The molecule has 1 N–H and O–H groups in total. The summed E-state index contributed by atoms with van der Waals surface area (Å²) in [5.41, 5.74) is -0.959. The van der Waals surface area contributed by atoms with Gasteiger partial charge in [-0.25, -0.2) is 4.79 Å². The van der Waals surface area contributed by atoms with Crippen molar-refractivity contribution >= 4 is 40.9 Å². The van der Waals surface area contributed by atoms with Crippen molar-refractivity contribution < 1.29 is 14.6 Å². The Hall–Kier alpha value is -0.580. The highest BCUT2D eigenvalue weighted by Crippen LogP contribution is 2.26. The fourth-order valence-electron chi connectivity index (χ4n) is 0.920. The number of halogens is 2. The number of carboxylic acids is 1. The van der Waals surface area contributed by atoms with E-state index in [4.69, 9.17) is 33.0 Å². The molecule has 1 rings (SSSR count). The molecule has 0 radical (unpaired) electrons. The lowest BCUT2D eigenvalue weighted by atomic mass is 10.3. The molecule has 0 amide bonds. The summed E-state index contributed by atoms with van der Waals surface area (Å²) in [6, 6.07) is 4.57. The van der Waals surface area contributed by atoms with E-state index in [1.54, 1.807) is 12.3 Å². The molecule has 6 heteroatoms. The first-order valence-corrected chi connectivity index (χ1v) is 5.95. The molecule has 1 aromatic carbocycles. The molecule has 1 aromatic rings. The monoisotopic (exact) mass is 266 g/mol. The molecule has 3 nitrogen and oxygen atoms in total. The molecule has 0 aliphatic rings. The number of thioether (sulfide) groups is 1. The fourth-order valence-corrected chi connectivity index (χ4v) is 1.83. The van der Waals surface area contributed by atoms with E-state index in [-0.39, 0.29) is 0 Å². The van der Waals surface area contributed by atoms with Crippen LogP contribution in [0.1, 0.15) is 0 Å². The number of aliphatic carboxylic acids is 1. The average Bonchev–Trinajstić information content (AvgIpc) is 2.12. The minimum atomic E-state index is -1.04. The second-order valence-electron chi connectivity index (χ2n) is 2.63. The van der Waals surface area contributed by atoms with Gasteiger partial charge < -0.3 is 9.84 Å². The van der Waals surface area contributed by atoms with Crippen molar-refractivity contribution in [1.29, 1.82) is 0 Å². The van der Waals surface area contributed by atoms with Crippen LogP contribution in [0.2, 0.25) is 10.0 Å². The molecule has 15 heavy (non-hydrogen) atoms. The van der Waals surface area contributed by atoms with Gasteiger partial charge in [0.05, 0.1) is 0 Å². The quantitative estimate of drug-likeness (QED) is 0.851. The Morgan fingerprint density at radius 2 is 1.93 bits per heavy atom. The van der Waals surface area contributed by atoms with E-state index in [1.165, 1.54) is 12.1 Å². The molecule has 0 heterocycles. The lowest BCUT2D eigenvalue weighted by molar-refractivity contribution is -0.140. The topological polar surface area (TPSA) is 46.5 Å². The van der Waals surface area contributed by atoms with E-state index in [0.29, 0.717) is 15.8 Å². The molecule has 1 unspecified atom stereocenters. The average molecular weight is 267 g/mol. The van der Waals surface area contributed by atoms with Crippen LogP contribution >= 0.6 is 35.0 Å². The van der Waals surface area contributed by atoms with Crippen molar-refractivity contribution in [3.05, 3.63) is 28.2 Å². The van der Waals surface area contributed by atoms with Crippen LogP contribution in [-0.2, 0) is 4.79 Å². The maximum absolute atomic E-state index is 10.7. The fraction of sp³-hybridized carbons (Fsp3) is 0.222. The third kappa shape index (κ3) is 3.81. The van der Waals surface area contributed by atoms with Crippen LogP contribution in [0.5, 0.6) is 5.75 Å². The van der Waals surface area contributed by atoms with Crippen LogP contribution in [0.15, 0.2) is 18.2 Å². The summed E-state index contributed by atoms with van der Waals surface area (Å²) < 4.78 is 5.18. The number of rotatable bonds is 4. The minimum Gasteiger partial charge on any atom is -0.478 e. The first-order chi connectivity index (χ1) is 7.02. The van der Waals surface area contributed by atoms with E-state index in [0.717, 1.165) is 11.8 Å². The Balaban J connectivity index is 2.83. The smallest absolute Gasteiger partial charge is 0.355 e. The number of carbonyl (C=O) groups is 1. The predicted octanol–water partition coefficient (Wildman–Crippen LogP) is 3.15. The number of carboxylic acid groups (broad SMARTS) is 1. The molecule has 0 aliphatic heterocycles. The molecule has 0 saturated carbocycles. The minimum absolute atomic E-state index is 0.342. The lowest BCUT2D eigenvalue weighted by Crippen LogP contribution is -2.22. The van der Waals surface area contributed by atoms with E-state index in [9.17, 15) is 4.79 Å². The molecule has 0 aliphatic carbocycles. The molecule has 82 valence electrons. The summed E-state index contributed by atoms with van der Waals surface area (Å²) in [6.45, 7) is 0. The van der Waals surface area contributed by atoms with Crippen LogP contribution in [-0.4, -0.2) is 22.8 Å². The number of ether oxygens (including phenoxy) is 1. The normalized spacial score (nSPS) is 12.2. The zero-order chi connectivity index (χ0) is 11.4. The van der Waals surface area contributed by atoms with Crippen LogP contribution in [0, 0.1) is 0 Å². The summed E-state index contributed by atoms with van der Waals surface area (Å²) in [5, 5.41) is 9.57. The summed E-state index contributed by atoms with van der Waals surface area (Å²) in [5.74, 6) is -0.701. The Morgan fingerprint density at radius 1 is 1.40 bits per heavy atom. The van der Waals surface area contributed by atoms with Gasteiger partial charge in [0.2, 0.25) is 5.44 Å². The first-order valence-electron chi connectivity index (χ1n) is 3.91. The Bertz CT molecular complexity index is 350. The van der Waals surface area contributed by atoms with Gasteiger partial charge >= 0.3 is 5.97 Å². The van der Waals surface area contributed by atoms with Gasteiger partial charge in [0.15, 0.2) is 0 Å². The number of hydrogen-bond acceptors (Lipinski definition) is 3. The molecule has 0 saturated heterocycles. The molecule has 1 atom stereocenters. The van der Waals surface area contributed by atoms with Crippen LogP contribution in [0.4, 0.5) is 0 Å². The second-order valence-corrected chi connectivity index (χ2v) is 4.40. The SMILES string of the molecule is CSC(Oc1cc(Cl)cc(Cl)c1)C(=O)O. The molecular weight excluding hydrogens is 259 g/mol. The maximum Gasteiger partial charge on any atom is 0.355 e. The Morgan fingerprint density at radius 3 is 2.33 bits per heavy atom. The highest BCUT2D eigenvalue weighted by Gasteiger charge is 2.17. The van der Waals surface area contributed by atoms with Gasteiger partial charge in [-0.05, 0) is 24.5 Å². The largest absolute Gasteiger partial charge is 0.478 e. The van der Waals surface area contributed by atoms with Gasteiger partial charge in [0.1, 0.15) is 5.75 Å². The zero-order valence-electron chi connectivity index (χ0n) is 7.74. The van der Waals surface area contributed by atoms with Crippen LogP contribution in [0.25, 0.3) is 0 Å². The van der Waals surface area contributed by atoms with Crippen molar-refractivity contribution in [2.75, 3.05) is 6.26 Å². The summed E-state index contributed by atoms with van der Waals surface area (Å²) in [4.78, 5) is 10.7. The zero-order valence-corrected chi connectivity index (χ0v) is 10.1. The van der Waals surface area contributed by atoms with Gasteiger partial charge in [-0.1, -0.05) is 23.2 Å². The van der Waals surface area contributed by atoms with E-state index in [2.05, 4.69) is 0 Å².